The highest BCUT2D eigenvalue weighted by atomic mass is 16.5. The van der Waals surface area contributed by atoms with Gasteiger partial charge in [-0.25, -0.2) is 0 Å². The summed E-state index contributed by atoms with van der Waals surface area (Å²) in [5.74, 6) is 0.0849. The molecule has 0 saturated carbocycles. The van der Waals surface area contributed by atoms with Gasteiger partial charge in [0.25, 0.3) is 0 Å². The zero-order valence-corrected chi connectivity index (χ0v) is 11.1. The molecule has 0 aromatic carbocycles. The molecule has 1 rings (SSSR count). The van der Waals surface area contributed by atoms with E-state index in [9.17, 15) is 4.79 Å². The summed E-state index contributed by atoms with van der Waals surface area (Å²) in [6.07, 6.45) is 0.790. The van der Waals surface area contributed by atoms with Gasteiger partial charge in [0.2, 0.25) is 5.91 Å². The number of rotatable bonds is 6. The van der Waals surface area contributed by atoms with Crippen LogP contribution in [0.5, 0.6) is 0 Å². The molecule has 0 bridgehead atoms. The predicted molar refractivity (Wildman–Crippen MR) is 66.0 cm³/mol. The SMILES string of the molecule is COC(C)(C)CCOCC(=O)N1CCNCC1. The Morgan fingerprint density at radius 1 is 1.35 bits per heavy atom. The van der Waals surface area contributed by atoms with Crippen molar-refractivity contribution < 1.29 is 14.3 Å². The molecule has 0 unspecified atom stereocenters. The highest BCUT2D eigenvalue weighted by molar-refractivity contribution is 5.77. The number of carbonyl (C=O) groups excluding carboxylic acids is 1. The Kier molecular flexibility index (Phi) is 5.88. The van der Waals surface area contributed by atoms with Crippen molar-refractivity contribution in [2.75, 3.05) is 46.5 Å². The standard InChI is InChI=1S/C12H24N2O3/c1-12(2,16-3)4-9-17-10-11(15)14-7-5-13-6-8-14/h13H,4-10H2,1-3H3. The van der Waals surface area contributed by atoms with E-state index in [1.165, 1.54) is 0 Å². The van der Waals surface area contributed by atoms with Crippen molar-refractivity contribution in [3.05, 3.63) is 0 Å². The molecular formula is C12H24N2O3. The van der Waals surface area contributed by atoms with E-state index in [0.29, 0.717) is 6.61 Å². The molecule has 0 radical (unpaired) electrons. The third kappa shape index (κ3) is 5.48. The number of ether oxygens (including phenoxy) is 2. The fourth-order valence-corrected chi connectivity index (χ4v) is 1.59. The van der Waals surface area contributed by atoms with E-state index in [4.69, 9.17) is 9.47 Å². The Labute approximate surface area is 103 Å². The third-order valence-electron chi connectivity index (χ3n) is 3.10. The van der Waals surface area contributed by atoms with E-state index in [2.05, 4.69) is 5.32 Å². The lowest BCUT2D eigenvalue weighted by molar-refractivity contribution is -0.137. The highest BCUT2D eigenvalue weighted by Gasteiger charge is 2.18. The molecular weight excluding hydrogens is 220 g/mol. The van der Waals surface area contributed by atoms with Crippen LogP contribution in [0.3, 0.4) is 0 Å². The summed E-state index contributed by atoms with van der Waals surface area (Å²) in [6.45, 7) is 8.07. The van der Waals surface area contributed by atoms with Gasteiger partial charge in [0.15, 0.2) is 0 Å². The van der Waals surface area contributed by atoms with Crippen molar-refractivity contribution in [3.8, 4) is 0 Å². The maximum atomic E-state index is 11.7. The summed E-state index contributed by atoms with van der Waals surface area (Å²) in [5, 5.41) is 3.21. The van der Waals surface area contributed by atoms with Crippen LogP contribution in [0, 0.1) is 0 Å². The highest BCUT2D eigenvalue weighted by Crippen LogP contribution is 2.12. The molecule has 1 N–H and O–H groups in total. The van der Waals surface area contributed by atoms with E-state index in [1.807, 2.05) is 18.7 Å². The fourth-order valence-electron chi connectivity index (χ4n) is 1.59. The molecule has 1 heterocycles. The maximum Gasteiger partial charge on any atom is 0.248 e. The predicted octanol–water partition coefficient (Wildman–Crippen LogP) is 0.250. The van der Waals surface area contributed by atoms with Gasteiger partial charge in [-0.05, 0) is 20.3 Å². The lowest BCUT2D eigenvalue weighted by atomic mass is 10.1. The van der Waals surface area contributed by atoms with Crippen LogP contribution in [0.25, 0.3) is 0 Å². The molecule has 0 aliphatic carbocycles. The molecule has 1 fully saturated rings. The van der Waals surface area contributed by atoms with Crippen LogP contribution in [-0.4, -0.2) is 62.9 Å². The van der Waals surface area contributed by atoms with Gasteiger partial charge in [-0.15, -0.1) is 0 Å². The van der Waals surface area contributed by atoms with Crippen LogP contribution in [0.2, 0.25) is 0 Å². The summed E-state index contributed by atoms with van der Waals surface area (Å²) in [4.78, 5) is 13.6. The molecule has 1 aliphatic heterocycles. The molecule has 100 valence electrons. The van der Waals surface area contributed by atoms with Crippen LogP contribution in [0.1, 0.15) is 20.3 Å². The van der Waals surface area contributed by atoms with Gasteiger partial charge >= 0.3 is 0 Å². The largest absolute Gasteiger partial charge is 0.379 e. The molecule has 1 amide bonds. The van der Waals surface area contributed by atoms with Gasteiger partial charge < -0.3 is 19.7 Å². The first-order chi connectivity index (χ1) is 8.05. The van der Waals surface area contributed by atoms with Crippen LogP contribution in [0.15, 0.2) is 0 Å². The third-order valence-corrected chi connectivity index (χ3v) is 3.10. The average Bonchev–Trinajstić information content (AvgIpc) is 2.35. The molecule has 1 aliphatic rings. The smallest absolute Gasteiger partial charge is 0.248 e. The molecule has 0 aromatic rings. The molecule has 5 heteroatoms. The Bertz CT molecular complexity index is 238. The zero-order valence-electron chi connectivity index (χ0n) is 11.1. The number of amides is 1. The summed E-state index contributed by atoms with van der Waals surface area (Å²) < 4.78 is 10.7. The quantitative estimate of drug-likeness (QED) is 0.681. The topological polar surface area (TPSA) is 50.8 Å². The summed E-state index contributed by atoms with van der Waals surface area (Å²) in [6, 6.07) is 0. The van der Waals surface area contributed by atoms with Crippen LogP contribution < -0.4 is 5.32 Å². The number of hydrogen-bond acceptors (Lipinski definition) is 4. The Hall–Kier alpha value is -0.650. The number of hydrogen-bond donors (Lipinski definition) is 1. The first-order valence-corrected chi connectivity index (χ1v) is 6.16. The Morgan fingerprint density at radius 3 is 2.59 bits per heavy atom. The minimum absolute atomic E-state index is 0.0849. The van der Waals surface area contributed by atoms with Gasteiger partial charge in [0.05, 0.1) is 5.60 Å². The number of piperazine rings is 1. The van der Waals surface area contributed by atoms with Crippen molar-refractivity contribution in [2.45, 2.75) is 25.9 Å². The molecule has 0 aromatic heterocycles. The Balaban J connectivity index is 2.11. The molecule has 0 spiro atoms. The lowest BCUT2D eigenvalue weighted by Gasteiger charge is -2.27. The minimum Gasteiger partial charge on any atom is -0.379 e. The summed E-state index contributed by atoms with van der Waals surface area (Å²) >= 11 is 0. The second-order valence-electron chi connectivity index (χ2n) is 4.90. The van der Waals surface area contributed by atoms with Gasteiger partial charge in [0, 0.05) is 39.9 Å². The van der Waals surface area contributed by atoms with E-state index in [1.54, 1.807) is 7.11 Å². The molecule has 5 nitrogen and oxygen atoms in total. The van der Waals surface area contributed by atoms with E-state index >= 15 is 0 Å². The van der Waals surface area contributed by atoms with E-state index in [0.717, 1.165) is 32.6 Å². The van der Waals surface area contributed by atoms with E-state index in [-0.39, 0.29) is 18.1 Å². The van der Waals surface area contributed by atoms with Gasteiger partial charge in [-0.3, -0.25) is 4.79 Å². The average molecular weight is 244 g/mol. The summed E-state index contributed by atoms with van der Waals surface area (Å²) in [5.41, 5.74) is -0.182. The first kappa shape index (κ1) is 14.4. The van der Waals surface area contributed by atoms with Crippen molar-refractivity contribution >= 4 is 5.91 Å². The second-order valence-corrected chi connectivity index (χ2v) is 4.90. The first-order valence-electron chi connectivity index (χ1n) is 6.16. The van der Waals surface area contributed by atoms with Crippen molar-refractivity contribution in [1.29, 1.82) is 0 Å². The maximum absolute atomic E-state index is 11.7. The van der Waals surface area contributed by atoms with Crippen molar-refractivity contribution in [2.24, 2.45) is 0 Å². The summed E-state index contributed by atoms with van der Waals surface area (Å²) in [7, 11) is 1.69. The molecule has 0 atom stereocenters. The van der Waals surface area contributed by atoms with Crippen molar-refractivity contribution in [1.82, 2.24) is 10.2 Å². The molecule has 17 heavy (non-hydrogen) atoms. The van der Waals surface area contributed by atoms with Gasteiger partial charge in [0.1, 0.15) is 6.61 Å². The molecule has 1 saturated heterocycles. The lowest BCUT2D eigenvalue weighted by Crippen LogP contribution is -2.47. The number of methoxy groups -OCH3 is 1. The monoisotopic (exact) mass is 244 g/mol. The normalized spacial score (nSPS) is 17.2. The van der Waals surface area contributed by atoms with Gasteiger partial charge in [-0.1, -0.05) is 0 Å². The van der Waals surface area contributed by atoms with E-state index < -0.39 is 0 Å². The fraction of sp³-hybridized carbons (Fsp3) is 0.917. The van der Waals surface area contributed by atoms with Crippen LogP contribution in [-0.2, 0) is 14.3 Å². The number of carbonyl (C=O) groups is 1. The minimum atomic E-state index is -0.182. The number of nitrogens with one attached hydrogen (secondary N) is 1. The second kappa shape index (κ2) is 6.93. The van der Waals surface area contributed by atoms with Gasteiger partial charge in [-0.2, -0.15) is 0 Å². The Morgan fingerprint density at radius 2 is 2.00 bits per heavy atom. The number of nitrogens with zero attached hydrogens (tertiary/aromatic N) is 1. The van der Waals surface area contributed by atoms with Crippen LogP contribution >= 0.6 is 0 Å². The zero-order chi connectivity index (χ0) is 12.7. The van der Waals surface area contributed by atoms with Crippen molar-refractivity contribution in [3.63, 3.8) is 0 Å². The van der Waals surface area contributed by atoms with Crippen LogP contribution in [0.4, 0.5) is 0 Å².